The van der Waals surface area contributed by atoms with Gasteiger partial charge < -0.3 is 33.8 Å². The summed E-state index contributed by atoms with van der Waals surface area (Å²) in [4.78, 5) is 73.1. The van der Waals surface area contributed by atoms with Gasteiger partial charge in [-0.15, -0.1) is 0 Å². The van der Waals surface area contributed by atoms with E-state index in [1.54, 1.807) is 0 Å². The maximum atomic E-state index is 13.1. The summed E-state index contributed by atoms with van der Waals surface area (Å²) in [5.41, 5.74) is 0. The molecule has 0 radical (unpaired) electrons. The Morgan fingerprint density at radius 1 is 0.264 bits per heavy atom. The van der Waals surface area contributed by atoms with Gasteiger partial charge in [-0.1, -0.05) is 318 Å². The molecule has 0 aromatic carbocycles. The number of ether oxygens (including phenoxy) is 4. The van der Waals surface area contributed by atoms with Crippen molar-refractivity contribution in [3.8, 4) is 0 Å². The van der Waals surface area contributed by atoms with E-state index in [2.05, 4.69) is 198 Å². The summed E-state index contributed by atoms with van der Waals surface area (Å²) in [5.74, 6) is -2.43. The molecule has 5 atom stereocenters. The maximum Gasteiger partial charge on any atom is 0.472 e. The van der Waals surface area contributed by atoms with E-state index in [0.29, 0.717) is 38.5 Å². The van der Waals surface area contributed by atoms with Gasteiger partial charge in [0.15, 0.2) is 12.2 Å². The zero-order valence-electron chi connectivity index (χ0n) is 67.8. The van der Waals surface area contributed by atoms with Gasteiger partial charge in [-0.2, -0.15) is 0 Å². The van der Waals surface area contributed by atoms with Crippen molar-refractivity contribution >= 4 is 39.5 Å². The Kier molecular flexibility index (Phi) is 76.0. The first-order valence-electron chi connectivity index (χ1n) is 41.3. The van der Waals surface area contributed by atoms with Gasteiger partial charge in [0.25, 0.3) is 0 Å². The maximum absolute atomic E-state index is 13.1. The van der Waals surface area contributed by atoms with E-state index in [0.717, 1.165) is 141 Å². The van der Waals surface area contributed by atoms with Gasteiger partial charge in [0.2, 0.25) is 0 Å². The SMILES string of the molecule is CC/C=C\C/C=C\C/C=C\C/C=C\C/C=C\C/C=C\CCC(=O)O[C@H](COC(=O)CCCCC/C=C\C/C=C\C/C=C\C/C=C\C/C=C\CC)COP(=O)(O)OC[C@@H](O)COP(=O)(O)OC[C@@H](COC(=O)CCCCCCCCCCCCCCC)OC(=O)CC/C=C\C/C=C\C/C=C\C/C=C\C/C=C\C/C=C\CC. The predicted octanol–water partition coefficient (Wildman–Crippen LogP) is 24.7. The van der Waals surface area contributed by atoms with E-state index in [4.69, 9.17) is 37.0 Å². The first-order chi connectivity index (χ1) is 53.7. The second kappa shape index (κ2) is 80.7. The van der Waals surface area contributed by atoms with Crippen LogP contribution in [-0.2, 0) is 65.4 Å². The lowest BCUT2D eigenvalue weighted by molar-refractivity contribution is -0.161. The zero-order chi connectivity index (χ0) is 80.3. The van der Waals surface area contributed by atoms with Crippen molar-refractivity contribution in [2.24, 2.45) is 0 Å². The highest BCUT2D eigenvalue weighted by Crippen LogP contribution is 2.45. The Morgan fingerprint density at radius 3 is 0.764 bits per heavy atom. The van der Waals surface area contributed by atoms with Crippen molar-refractivity contribution in [1.82, 2.24) is 0 Å². The number of hydrogen-bond acceptors (Lipinski definition) is 15. The number of unbranched alkanes of at least 4 members (excludes halogenated alkanes) is 15. The minimum absolute atomic E-state index is 0.0389. The van der Waals surface area contributed by atoms with Crippen molar-refractivity contribution in [3.05, 3.63) is 207 Å². The smallest absolute Gasteiger partial charge is 0.462 e. The number of rotatable bonds is 75. The molecule has 0 heterocycles. The third kappa shape index (κ3) is 79.7. The van der Waals surface area contributed by atoms with Crippen LogP contribution in [0.2, 0.25) is 0 Å². The van der Waals surface area contributed by atoms with Gasteiger partial charge in [0.1, 0.15) is 19.3 Å². The standard InChI is InChI=1S/C91H144O17P2/c1-5-9-13-17-21-25-29-33-36-39-42-45-48-52-56-60-64-68-72-76-89(94)102-82-87(108-91(96)78-74-70-66-62-58-54-50-47-44-41-38-35-31-27-23-19-15-11-7-3)84-106-110(99,100)104-80-85(92)79-103-109(97,98)105-83-86(81-101-88(93)75-71-67-63-59-55-51-32-28-24-20-16-12-8-4)107-90(95)77-73-69-65-61-57-53-49-46-43-40-37-34-30-26-22-18-14-10-6-2/h9-11,13-15,21-23,25-27,33-38,42-47,52-54,56-58,65-66,69-70,85-87,92H,5-8,12,16-20,24,28-32,39-41,48-51,55,59-64,67-68,71-84H2,1-4H3,(H,97,98)(H,99,100)/b13-9-,14-10-,15-11-,25-21-,26-22-,27-23-,36-33-,37-34-,38-35-,45-42-,46-43-,47-44-,56-52-,57-53-,58-54-,69-65-,70-66-/t85-,86+,87+/m0/s1. The molecule has 0 aliphatic carbocycles. The second-order valence-electron chi connectivity index (χ2n) is 26.6. The van der Waals surface area contributed by atoms with E-state index >= 15 is 0 Å². The zero-order valence-corrected chi connectivity index (χ0v) is 69.6. The minimum atomic E-state index is -5.03. The number of aliphatic hydroxyl groups excluding tert-OH is 1. The van der Waals surface area contributed by atoms with Crippen molar-refractivity contribution in [1.29, 1.82) is 0 Å². The number of allylic oxidation sites excluding steroid dienone is 34. The highest BCUT2D eigenvalue weighted by molar-refractivity contribution is 7.47. The van der Waals surface area contributed by atoms with E-state index < -0.39 is 97.5 Å². The van der Waals surface area contributed by atoms with Crippen molar-refractivity contribution in [2.45, 2.75) is 303 Å². The fourth-order valence-electron chi connectivity index (χ4n) is 10.1. The molecule has 0 rings (SSSR count). The fraction of sp³-hybridized carbons (Fsp3) is 0.582. The van der Waals surface area contributed by atoms with Crippen LogP contribution < -0.4 is 0 Å². The van der Waals surface area contributed by atoms with Crippen LogP contribution in [0, 0.1) is 0 Å². The van der Waals surface area contributed by atoms with E-state index in [-0.39, 0.29) is 25.7 Å². The topological polar surface area (TPSA) is 237 Å². The molecular formula is C91H144O17P2. The Labute approximate surface area is 665 Å². The molecule has 19 heteroatoms. The van der Waals surface area contributed by atoms with Gasteiger partial charge in [-0.25, -0.2) is 9.13 Å². The Bertz CT molecular complexity index is 2900. The number of aliphatic hydroxyl groups is 1. The molecule has 0 saturated heterocycles. The summed E-state index contributed by atoms with van der Waals surface area (Å²) in [7, 11) is -10.0. The highest BCUT2D eigenvalue weighted by atomic mass is 31.2. The normalized spacial score (nSPS) is 14.9. The van der Waals surface area contributed by atoms with Crippen LogP contribution in [0.15, 0.2) is 207 Å². The molecule has 0 aliphatic heterocycles. The molecule has 0 aromatic rings. The second-order valence-corrected chi connectivity index (χ2v) is 29.5. The Hall–Kier alpha value is -6.36. The number of phosphoric acid groups is 2. The summed E-state index contributed by atoms with van der Waals surface area (Å²) in [5, 5.41) is 10.7. The van der Waals surface area contributed by atoms with Crippen LogP contribution >= 0.6 is 15.6 Å². The van der Waals surface area contributed by atoms with Crippen LogP contribution in [-0.4, -0.2) is 96.7 Å². The molecule has 0 aliphatic rings. The van der Waals surface area contributed by atoms with Crippen molar-refractivity contribution in [3.63, 3.8) is 0 Å². The number of carbonyl (C=O) groups is 4. The lowest BCUT2D eigenvalue weighted by atomic mass is 10.0. The number of esters is 4. The molecule has 0 bridgehead atoms. The van der Waals surface area contributed by atoms with Gasteiger partial charge in [-0.3, -0.25) is 37.3 Å². The number of phosphoric ester groups is 2. The molecule has 2 unspecified atom stereocenters. The van der Waals surface area contributed by atoms with Crippen LogP contribution in [0.4, 0.5) is 0 Å². The predicted molar refractivity (Wildman–Crippen MR) is 454 cm³/mol. The summed E-state index contributed by atoms with van der Waals surface area (Å²) in [6.07, 6.45) is 101. The summed E-state index contributed by atoms with van der Waals surface area (Å²) >= 11 is 0. The third-order valence-corrected chi connectivity index (χ3v) is 18.2. The molecule has 0 spiro atoms. The summed E-state index contributed by atoms with van der Waals surface area (Å²) in [6, 6.07) is 0. The van der Waals surface area contributed by atoms with Gasteiger partial charge >= 0.3 is 39.5 Å². The molecule has 620 valence electrons. The molecule has 0 fully saturated rings. The van der Waals surface area contributed by atoms with Crippen molar-refractivity contribution < 1.29 is 80.2 Å². The van der Waals surface area contributed by atoms with Crippen molar-refractivity contribution in [2.75, 3.05) is 39.6 Å². The molecule has 0 amide bonds. The van der Waals surface area contributed by atoms with Crippen LogP contribution in [0.3, 0.4) is 0 Å². The Balaban J connectivity index is 5.57. The lowest BCUT2D eigenvalue weighted by Gasteiger charge is -2.21. The van der Waals surface area contributed by atoms with E-state index in [1.807, 2.05) is 36.5 Å². The quantitative estimate of drug-likeness (QED) is 0.0169. The average Bonchev–Trinajstić information content (AvgIpc) is 0.905. The average molecular weight is 1570 g/mol. The molecule has 17 nitrogen and oxygen atoms in total. The molecule has 110 heavy (non-hydrogen) atoms. The van der Waals surface area contributed by atoms with E-state index in [1.165, 1.54) is 51.4 Å². The monoisotopic (exact) mass is 1570 g/mol. The van der Waals surface area contributed by atoms with Gasteiger partial charge in [0, 0.05) is 25.7 Å². The third-order valence-electron chi connectivity index (χ3n) is 16.3. The van der Waals surface area contributed by atoms with E-state index in [9.17, 15) is 43.2 Å². The molecule has 3 N–H and O–H groups in total. The molecule has 0 saturated carbocycles. The Morgan fingerprint density at radius 2 is 0.491 bits per heavy atom. The number of carbonyl (C=O) groups excluding carboxylic acids is 4. The van der Waals surface area contributed by atoms with Crippen LogP contribution in [0.1, 0.15) is 285 Å². The lowest BCUT2D eigenvalue weighted by Crippen LogP contribution is -2.30. The first-order valence-corrected chi connectivity index (χ1v) is 44.3. The molecular weight excluding hydrogens is 1430 g/mol. The van der Waals surface area contributed by atoms with Gasteiger partial charge in [0.05, 0.1) is 26.4 Å². The largest absolute Gasteiger partial charge is 0.472 e. The first kappa shape index (κ1) is 104. The molecule has 0 aromatic heterocycles. The van der Waals surface area contributed by atoms with Crippen LogP contribution in [0.5, 0.6) is 0 Å². The fourth-order valence-corrected chi connectivity index (χ4v) is 11.7. The minimum Gasteiger partial charge on any atom is -0.462 e. The summed E-state index contributed by atoms with van der Waals surface area (Å²) in [6.45, 7) is 4.30. The van der Waals surface area contributed by atoms with Crippen LogP contribution in [0.25, 0.3) is 0 Å². The highest BCUT2D eigenvalue weighted by Gasteiger charge is 2.30. The number of hydrogen-bond donors (Lipinski definition) is 3. The van der Waals surface area contributed by atoms with Gasteiger partial charge in [-0.05, 0) is 148 Å². The summed E-state index contributed by atoms with van der Waals surface area (Å²) < 4.78 is 68.5.